The minimum Gasteiger partial charge on any atom is -0.497 e. The van der Waals surface area contributed by atoms with E-state index in [0.717, 1.165) is 30.8 Å². The van der Waals surface area contributed by atoms with Gasteiger partial charge in [0.2, 0.25) is 0 Å². The SMILES string of the molecule is COc1ccc(C[C@H]2NCC[C@H]2OC(=O)NCCc2cn[nH]n2)cc1. The fraction of sp³-hybridized carbons (Fsp3) is 0.471. The standard InChI is InChI=1S/C17H23N5O3/c1-24-14-4-2-12(3-5-14)10-15-16(7-9-18-15)25-17(23)19-8-6-13-11-20-22-21-13/h2-5,11,15-16,18H,6-10H2,1H3,(H,19,23)(H,20,21,22)/t15-,16-/m1/s1. The van der Waals surface area contributed by atoms with Crippen molar-refractivity contribution in [1.82, 2.24) is 26.0 Å². The van der Waals surface area contributed by atoms with Gasteiger partial charge in [-0.2, -0.15) is 15.4 Å². The third kappa shape index (κ3) is 4.93. The maximum Gasteiger partial charge on any atom is 0.407 e. The first-order chi connectivity index (χ1) is 12.2. The maximum absolute atomic E-state index is 12.0. The summed E-state index contributed by atoms with van der Waals surface area (Å²) in [5.74, 6) is 0.836. The van der Waals surface area contributed by atoms with Crippen LogP contribution in [0, 0.1) is 0 Å². The third-order valence-electron chi connectivity index (χ3n) is 4.27. The number of hydrogen-bond acceptors (Lipinski definition) is 6. The van der Waals surface area contributed by atoms with E-state index in [4.69, 9.17) is 9.47 Å². The molecule has 1 fully saturated rings. The Morgan fingerprint density at radius 2 is 2.20 bits per heavy atom. The van der Waals surface area contributed by atoms with Gasteiger partial charge in [0.15, 0.2) is 0 Å². The second-order valence-corrected chi connectivity index (χ2v) is 5.98. The molecule has 0 saturated carbocycles. The lowest BCUT2D eigenvalue weighted by Crippen LogP contribution is -2.38. The van der Waals surface area contributed by atoms with Gasteiger partial charge in [-0.15, -0.1) is 0 Å². The Hall–Kier alpha value is -2.61. The van der Waals surface area contributed by atoms with Gasteiger partial charge in [0.25, 0.3) is 0 Å². The number of nitrogens with zero attached hydrogens (tertiary/aromatic N) is 2. The maximum atomic E-state index is 12.0. The summed E-state index contributed by atoms with van der Waals surface area (Å²) in [7, 11) is 1.65. The Morgan fingerprint density at radius 1 is 1.36 bits per heavy atom. The van der Waals surface area contributed by atoms with Gasteiger partial charge in [-0.3, -0.25) is 0 Å². The molecule has 1 amide bonds. The highest BCUT2D eigenvalue weighted by Crippen LogP contribution is 2.18. The van der Waals surface area contributed by atoms with Crippen LogP contribution >= 0.6 is 0 Å². The van der Waals surface area contributed by atoms with Crippen molar-refractivity contribution >= 4 is 6.09 Å². The number of aromatic amines is 1. The number of rotatable bonds is 7. The smallest absolute Gasteiger partial charge is 0.407 e. The van der Waals surface area contributed by atoms with Crippen LogP contribution in [0.25, 0.3) is 0 Å². The van der Waals surface area contributed by atoms with Crippen LogP contribution < -0.4 is 15.4 Å². The second kappa shape index (κ2) is 8.48. The number of nitrogens with one attached hydrogen (secondary N) is 3. The van der Waals surface area contributed by atoms with E-state index < -0.39 is 6.09 Å². The average molecular weight is 345 g/mol. The van der Waals surface area contributed by atoms with Gasteiger partial charge in [0.05, 0.1) is 19.0 Å². The summed E-state index contributed by atoms with van der Waals surface area (Å²) < 4.78 is 10.8. The number of benzene rings is 1. The van der Waals surface area contributed by atoms with E-state index in [1.807, 2.05) is 24.3 Å². The van der Waals surface area contributed by atoms with Gasteiger partial charge >= 0.3 is 6.09 Å². The van der Waals surface area contributed by atoms with E-state index in [-0.39, 0.29) is 12.1 Å². The second-order valence-electron chi connectivity index (χ2n) is 5.98. The lowest BCUT2D eigenvalue weighted by molar-refractivity contribution is 0.0902. The molecule has 1 aromatic heterocycles. The Kier molecular flexibility index (Phi) is 5.84. The molecular weight excluding hydrogens is 322 g/mol. The van der Waals surface area contributed by atoms with Crippen LogP contribution in [-0.4, -0.2) is 53.8 Å². The molecule has 8 heteroatoms. The van der Waals surface area contributed by atoms with Crippen LogP contribution in [-0.2, 0) is 17.6 Å². The highest BCUT2D eigenvalue weighted by molar-refractivity contribution is 5.67. The minimum atomic E-state index is -0.392. The summed E-state index contributed by atoms with van der Waals surface area (Å²) in [6.45, 7) is 1.31. The van der Waals surface area contributed by atoms with Crippen molar-refractivity contribution < 1.29 is 14.3 Å². The fourth-order valence-corrected chi connectivity index (χ4v) is 2.92. The molecule has 3 rings (SSSR count). The zero-order valence-electron chi connectivity index (χ0n) is 14.2. The van der Waals surface area contributed by atoms with E-state index in [1.54, 1.807) is 13.3 Å². The van der Waals surface area contributed by atoms with E-state index in [0.29, 0.717) is 13.0 Å². The molecule has 0 spiro atoms. The zero-order valence-corrected chi connectivity index (χ0v) is 14.2. The van der Waals surface area contributed by atoms with Crippen LogP contribution in [0.5, 0.6) is 5.75 Å². The van der Waals surface area contributed by atoms with Crippen molar-refractivity contribution in [3.8, 4) is 5.75 Å². The van der Waals surface area contributed by atoms with Crippen molar-refractivity contribution in [2.24, 2.45) is 0 Å². The van der Waals surface area contributed by atoms with E-state index in [1.165, 1.54) is 5.56 Å². The molecule has 0 radical (unpaired) electrons. The van der Waals surface area contributed by atoms with Crippen molar-refractivity contribution in [2.45, 2.75) is 31.4 Å². The van der Waals surface area contributed by atoms with Crippen LogP contribution in [0.1, 0.15) is 17.7 Å². The first-order valence-corrected chi connectivity index (χ1v) is 8.40. The molecule has 2 aromatic rings. The zero-order chi connectivity index (χ0) is 17.5. The van der Waals surface area contributed by atoms with Crippen LogP contribution in [0.4, 0.5) is 4.79 Å². The molecule has 1 saturated heterocycles. The van der Waals surface area contributed by atoms with Gasteiger partial charge in [-0.1, -0.05) is 12.1 Å². The summed E-state index contributed by atoms with van der Waals surface area (Å²) in [5.41, 5.74) is 1.99. The van der Waals surface area contributed by atoms with Crippen LogP contribution in [0.3, 0.4) is 0 Å². The van der Waals surface area contributed by atoms with E-state index in [9.17, 15) is 4.79 Å². The molecule has 134 valence electrons. The number of ether oxygens (including phenoxy) is 2. The third-order valence-corrected chi connectivity index (χ3v) is 4.27. The predicted molar refractivity (Wildman–Crippen MR) is 91.5 cm³/mol. The van der Waals surface area contributed by atoms with Crippen molar-refractivity contribution in [1.29, 1.82) is 0 Å². The number of alkyl carbamates (subject to hydrolysis) is 1. The highest BCUT2D eigenvalue weighted by Gasteiger charge is 2.30. The fourth-order valence-electron chi connectivity index (χ4n) is 2.92. The monoisotopic (exact) mass is 345 g/mol. The van der Waals surface area contributed by atoms with Crippen LogP contribution in [0.2, 0.25) is 0 Å². The predicted octanol–water partition coefficient (Wildman–Crippen LogP) is 1.06. The molecule has 2 heterocycles. The van der Waals surface area contributed by atoms with Gasteiger partial charge in [0.1, 0.15) is 11.9 Å². The van der Waals surface area contributed by atoms with Gasteiger partial charge in [-0.05, 0) is 37.1 Å². The van der Waals surface area contributed by atoms with Crippen molar-refractivity contribution in [3.05, 3.63) is 41.7 Å². The van der Waals surface area contributed by atoms with Gasteiger partial charge < -0.3 is 20.1 Å². The van der Waals surface area contributed by atoms with Crippen molar-refractivity contribution in [3.63, 3.8) is 0 Å². The molecular formula is C17H23N5O3. The molecule has 0 unspecified atom stereocenters. The van der Waals surface area contributed by atoms with Gasteiger partial charge in [-0.25, -0.2) is 4.79 Å². The molecule has 3 N–H and O–H groups in total. The Balaban J connectivity index is 1.44. The minimum absolute atomic E-state index is 0.120. The number of hydrogen-bond donors (Lipinski definition) is 3. The molecule has 0 bridgehead atoms. The molecule has 1 aliphatic rings. The first kappa shape index (κ1) is 17.2. The topological polar surface area (TPSA) is 101 Å². The number of methoxy groups -OCH3 is 1. The summed E-state index contributed by atoms with van der Waals surface area (Å²) in [5, 5.41) is 16.4. The number of amides is 1. The van der Waals surface area contributed by atoms with E-state index >= 15 is 0 Å². The lowest BCUT2D eigenvalue weighted by Gasteiger charge is -2.20. The number of H-pyrrole nitrogens is 1. The Bertz CT molecular complexity index is 659. The molecule has 25 heavy (non-hydrogen) atoms. The molecule has 8 nitrogen and oxygen atoms in total. The molecule has 2 atom stereocenters. The average Bonchev–Trinajstić information content (AvgIpc) is 3.28. The summed E-state index contributed by atoms with van der Waals surface area (Å²) >= 11 is 0. The highest BCUT2D eigenvalue weighted by atomic mass is 16.6. The molecule has 1 aromatic carbocycles. The number of carbonyl (C=O) groups excluding carboxylic acids is 1. The largest absolute Gasteiger partial charge is 0.497 e. The van der Waals surface area contributed by atoms with Gasteiger partial charge in [0, 0.05) is 19.0 Å². The quantitative estimate of drug-likeness (QED) is 0.693. The first-order valence-electron chi connectivity index (χ1n) is 8.40. The summed E-state index contributed by atoms with van der Waals surface area (Å²) in [4.78, 5) is 12.0. The molecule has 1 aliphatic heterocycles. The molecule has 0 aliphatic carbocycles. The Labute approximate surface area is 146 Å². The Morgan fingerprint density at radius 3 is 2.92 bits per heavy atom. The number of aromatic nitrogens is 3. The van der Waals surface area contributed by atoms with Crippen molar-refractivity contribution in [2.75, 3.05) is 20.2 Å². The van der Waals surface area contributed by atoms with E-state index in [2.05, 4.69) is 26.0 Å². The lowest BCUT2D eigenvalue weighted by atomic mass is 10.0. The van der Waals surface area contributed by atoms with Crippen LogP contribution in [0.15, 0.2) is 30.5 Å². The summed E-state index contributed by atoms with van der Waals surface area (Å²) in [6, 6.07) is 8.07. The number of carbonyl (C=O) groups is 1. The summed E-state index contributed by atoms with van der Waals surface area (Å²) in [6.07, 6.45) is 3.35. The normalized spacial score (nSPS) is 19.6.